The molecular formula is C15H18ClN5O2. The minimum atomic E-state index is -0.291. The Kier molecular flexibility index (Phi) is 4.78. The smallest absolute Gasteiger partial charge is 0.322 e. The number of primary amides is 1. The third-order valence-corrected chi connectivity index (χ3v) is 4.08. The number of piperidine rings is 1. The van der Waals surface area contributed by atoms with Crippen LogP contribution in [0, 0.1) is 0 Å². The van der Waals surface area contributed by atoms with Crippen LogP contribution in [-0.4, -0.2) is 46.6 Å². The van der Waals surface area contributed by atoms with Gasteiger partial charge in [-0.15, -0.1) is 0 Å². The van der Waals surface area contributed by atoms with Crippen LogP contribution < -0.4 is 11.1 Å². The van der Waals surface area contributed by atoms with Crippen LogP contribution in [-0.2, 0) is 4.79 Å². The maximum atomic E-state index is 10.9. The van der Waals surface area contributed by atoms with Crippen molar-refractivity contribution in [3.63, 3.8) is 0 Å². The van der Waals surface area contributed by atoms with E-state index in [-0.39, 0.29) is 11.9 Å². The molecule has 7 nitrogen and oxygen atoms in total. The van der Waals surface area contributed by atoms with Gasteiger partial charge in [0.2, 0.25) is 11.7 Å². The highest BCUT2D eigenvalue weighted by Crippen LogP contribution is 2.21. The summed E-state index contributed by atoms with van der Waals surface area (Å²) in [7, 11) is 0. The SMILES string of the molecule is NC(=O)CN1CCC(Nc2nc(-c3ccc(Cl)cc3)no2)CC1. The number of halogens is 1. The minimum Gasteiger partial charge on any atom is -0.369 e. The first-order valence-corrected chi connectivity index (χ1v) is 7.85. The number of aromatic nitrogens is 2. The number of benzene rings is 1. The number of carbonyl (C=O) groups is 1. The number of carbonyl (C=O) groups excluding carboxylic acids is 1. The maximum Gasteiger partial charge on any atom is 0.322 e. The lowest BCUT2D eigenvalue weighted by Crippen LogP contribution is -2.42. The van der Waals surface area contributed by atoms with Gasteiger partial charge in [0.1, 0.15) is 0 Å². The summed E-state index contributed by atoms with van der Waals surface area (Å²) >= 11 is 5.87. The molecule has 2 heterocycles. The molecule has 3 rings (SSSR count). The summed E-state index contributed by atoms with van der Waals surface area (Å²) in [5.74, 6) is 0.233. The van der Waals surface area contributed by atoms with Crippen LogP contribution >= 0.6 is 11.6 Å². The van der Waals surface area contributed by atoms with E-state index in [0.29, 0.717) is 23.4 Å². The maximum absolute atomic E-state index is 10.9. The van der Waals surface area contributed by atoms with Crippen LogP contribution in [0.5, 0.6) is 0 Å². The predicted molar refractivity (Wildman–Crippen MR) is 87.0 cm³/mol. The zero-order valence-electron chi connectivity index (χ0n) is 12.5. The van der Waals surface area contributed by atoms with Gasteiger partial charge in [0.25, 0.3) is 0 Å². The Bertz CT molecular complexity index is 665. The highest BCUT2D eigenvalue weighted by Gasteiger charge is 2.21. The quantitative estimate of drug-likeness (QED) is 0.864. The van der Waals surface area contributed by atoms with E-state index in [2.05, 4.69) is 15.5 Å². The molecular weight excluding hydrogens is 318 g/mol. The molecule has 0 spiro atoms. The standard InChI is InChI=1S/C15H18ClN5O2/c16-11-3-1-10(2-4-11)14-19-15(23-20-14)18-12-5-7-21(8-6-12)9-13(17)22/h1-4,12H,5-9H2,(H2,17,22)(H,18,19,20). The third-order valence-electron chi connectivity index (χ3n) is 3.82. The Labute approximate surface area is 138 Å². The van der Waals surface area contributed by atoms with Crippen LogP contribution in [0.3, 0.4) is 0 Å². The molecule has 0 bridgehead atoms. The van der Waals surface area contributed by atoms with Crippen molar-refractivity contribution in [3.8, 4) is 11.4 Å². The van der Waals surface area contributed by atoms with Gasteiger partial charge < -0.3 is 15.6 Å². The van der Waals surface area contributed by atoms with Crippen molar-refractivity contribution in [2.45, 2.75) is 18.9 Å². The first-order chi connectivity index (χ1) is 11.1. The first-order valence-electron chi connectivity index (χ1n) is 7.47. The number of amides is 1. The number of likely N-dealkylation sites (tertiary alicyclic amines) is 1. The van der Waals surface area contributed by atoms with Gasteiger partial charge in [0, 0.05) is 29.7 Å². The molecule has 122 valence electrons. The number of rotatable bonds is 5. The van der Waals surface area contributed by atoms with Crippen LogP contribution in [0.15, 0.2) is 28.8 Å². The fourth-order valence-corrected chi connectivity index (χ4v) is 2.75. The van der Waals surface area contributed by atoms with Gasteiger partial charge in [0.15, 0.2) is 0 Å². The van der Waals surface area contributed by atoms with E-state index < -0.39 is 0 Å². The van der Waals surface area contributed by atoms with E-state index in [1.807, 2.05) is 17.0 Å². The first kappa shape index (κ1) is 15.8. The summed E-state index contributed by atoms with van der Waals surface area (Å²) in [5.41, 5.74) is 6.06. The number of nitrogens with one attached hydrogen (secondary N) is 1. The van der Waals surface area contributed by atoms with E-state index in [9.17, 15) is 4.79 Å². The molecule has 1 aliphatic rings. The molecule has 0 saturated carbocycles. The zero-order valence-corrected chi connectivity index (χ0v) is 13.3. The van der Waals surface area contributed by atoms with Gasteiger partial charge >= 0.3 is 6.01 Å². The second-order valence-corrected chi connectivity index (χ2v) is 6.03. The van der Waals surface area contributed by atoms with Crippen molar-refractivity contribution in [2.24, 2.45) is 5.73 Å². The molecule has 1 aromatic carbocycles. The summed E-state index contributed by atoms with van der Waals surface area (Å²) < 4.78 is 5.25. The summed E-state index contributed by atoms with van der Waals surface area (Å²) in [6.07, 6.45) is 1.79. The van der Waals surface area contributed by atoms with Crippen LogP contribution in [0.1, 0.15) is 12.8 Å². The Balaban J connectivity index is 1.56. The van der Waals surface area contributed by atoms with Gasteiger partial charge in [0.05, 0.1) is 6.54 Å². The van der Waals surface area contributed by atoms with E-state index in [1.165, 1.54) is 0 Å². The number of hydrogen-bond acceptors (Lipinski definition) is 6. The van der Waals surface area contributed by atoms with Gasteiger partial charge in [-0.1, -0.05) is 16.8 Å². The van der Waals surface area contributed by atoms with E-state index in [0.717, 1.165) is 31.5 Å². The number of anilines is 1. The summed E-state index contributed by atoms with van der Waals surface area (Å²) in [5, 5.41) is 7.88. The molecule has 1 aromatic heterocycles. The summed E-state index contributed by atoms with van der Waals surface area (Å²) in [4.78, 5) is 17.3. The normalized spacial score (nSPS) is 16.4. The average Bonchev–Trinajstić information content (AvgIpc) is 2.98. The molecule has 0 aliphatic carbocycles. The van der Waals surface area contributed by atoms with E-state index in [1.54, 1.807) is 12.1 Å². The van der Waals surface area contributed by atoms with Crippen LogP contribution in [0.4, 0.5) is 6.01 Å². The third kappa shape index (κ3) is 4.20. The van der Waals surface area contributed by atoms with Gasteiger partial charge in [-0.05, 0) is 37.1 Å². The number of nitrogens with zero attached hydrogens (tertiary/aromatic N) is 3. The van der Waals surface area contributed by atoms with Crippen LogP contribution in [0.25, 0.3) is 11.4 Å². The Hall–Kier alpha value is -2.12. The highest BCUT2D eigenvalue weighted by atomic mass is 35.5. The zero-order chi connectivity index (χ0) is 16.2. The second-order valence-electron chi connectivity index (χ2n) is 5.59. The van der Waals surface area contributed by atoms with Crippen molar-refractivity contribution in [1.82, 2.24) is 15.0 Å². The van der Waals surface area contributed by atoms with E-state index >= 15 is 0 Å². The van der Waals surface area contributed by atoms with Gasteiger partial charge in [-0.25, -0.2) is 0 Å². The van der Waals surface area contributed by atoms with Crippen LogP contribution in [0.2, 0.25) is 5.02 Å². The molecule has 3 N–H and O–H groups in total. The molecule has 2 aromatic rings. The lowest BCUT2D eigenvalue weighted by Gasteiger charge is -2.30. The minimum absolute atomic E-state index is 0.248. The molecule has 1 saturated heterocycles. The van der Waals surface area contributed by atoms with Gasteiger partial charge in [-0.3, -0.25) is 9.69 Å². The van der Waals surface area contributed by atoms with Gasteiger partial charge in [-0.2, -0.15) is 4.98 Å². The van der Waals surface area contributed by atoms with Crippen molar-refractivity contribution >= 4 is 23.5 Å². The van der Waals surface area contributed by atoms with Crippen molar-refractivity contribution in [1.29, 1.82) is 0 Å². The summed E-state index contributed by atoms with van der Waals surface area (Å²) in [6.45, 7) is 1.95. The van der Waals surface area contributed by atoms with Crippen molar-refractivity contribution < 1.29 is 9.32 Å². The van der Waals surface area contributed by atoms with Crippen molar-refractivity contribution in [3.05, 3.63) is 29.3 Å². The molecule has 1 fully saturated rings. The Morgan fingerprint density at radius 2 is 2.04 bits per heavy atom. The molecule has 0 atom stereocenters. The average molecular weight is 336 g/mol. The molecule has 1 amide bonds. The predicted octanol–water partition coefficient (Wildman–Crippen LogP) is 1.75. The molecule has 0 radical (unpaired) electrons. The summed E-state index contributed by atoms with van der Waals surface area (Å²) in [6, 6.07) is 7.92. The fourth-order valence-electron chi connectivity index (χ4n) is 2.63. The second kappa shape index (κ2) is 6.97. The van der Waals surface area contributed by atoms with Crippen molar-refractivity contribution in [2.75, 3.05) is 25.0 Å². The lowest BCUT2D eigenvalue weighted by molar-refractivity contribution is -0.119. The molecule has 8 heteroatoms. The number of hydrogen-bond donors (Lipinski definition) is 2. The fraction of sp³-hybridized carbons (Fsp3) is 0.400. The largest absolute Gasteiger partial charge is 0.369 e. The Morgan fingerprint density at radius 1 is 1.35 bits per heavy atom. The highest BCUT2D eigenvalue weighted by molar-refractivity contribution is 6.30. The monoisotopic (exact) mass is 335 g/mol. The molecule has 1 aliphatic heterocycles. The Morgan fingerprint density at radius 3 is 2.70 bits per heavy atom. The lowest BCUT2D eigenvalue weighted by atomic mass is 10.1. The van der Waals surface area contributed by atoms with E-state index in [4.69, 9.17) is 21.9 Å². The molecule has 0 unspecified atom stereocenters. The number of nitrogens with two attached hydrogens (primary N) is 1. The topological polar surface area (TPSA) is 97.3 Å². The molecule has 23 heavy (non-hydrogen) atoms.